The molecule has 1 aliphatic heterocycles. The Balaban J connectivity index is 1.94. The van der Waals surface area contributed by atoms with E-state index in [1.54, 1.807) is 0 Å². The summed E-state index contributed by atoms with van der Waals surface area (Å²) in [5.41, 5.74) is 2.79. The Kier molecular flexibility index (Phi) is 4.59. The van der Waals surface area contributed by atoms with Crippen LogP contribution in [0.4, 0.5) is 5.69 Å². The van der Waals surface area contributed by atoms with Crippen molar-refractivity contribution >= 4 is 23.0 Å². The maximum atomic E-state index is 5.47. The number of aryl methyl sites for hydroxylation is 1. The third kappa shape index (κ3) is 4.97. The van der Waals surface area contributed by atoms with E-state index < -0.39 is 0 Å². The number of hydrogen-bond acceptors (Lipinski definition) is 1. The zero-order valence-electron chi connectivity index (χ0n) is 13.8. The van der Waals surface area contributed by atoms with Crippen LogP contribution in [0.1, 0.15) is 46.1 Å². The van der Waals surface area contributed by atoms with Crippen molar-refractivity contribution in [2.45, 2.75) is 64.6 Å². The van der Waals surface area contributed by atoms with Gasteiger partial charge < -0.3 is 16.0 Å². The minimum absolute atomic E-state index is 0.249. The number of quaternary nitrogens is 1. The van der Waals surface area contributed by atoms with Crippen molar-refractivity contribution in [3.8, 4) is 0 Å². The van der Waals surface area contributed by atoms with Crippen LogP contribution in [-0.2, 0) is 0 Å². The van der Waals surface area contributed by atoms with Crippen molar-refractivity contribution in [2.75, 3.05) is 5.32 Å². The molecular formula is C17H28N3S+. The summed E-state index contributed by atoms with van der Waals surface area (Å²) in [4.78, 5) is 0. The summed E-state index contributed by atoms with van der Waals surface area (Å²) in [7, 11) is 0. The predicted molar refractivity (Wildman–Crippen MR) is 93.6 cm³/mol. The van der Waals surface area contributed by atoms with Gasteiger partial charge in [0.05, 0.1) is 11.1 Å². The second-order valence-electron chi connectivity index (χ2n) is 7.69. The maximum absolute atomic E-state index is 5.47. The molecular weight excluding hydrogens is 278 g/mol. The fourth-order valence-corrected chi connectivity index (χ4v) is 3.89. The van der Waals surface area contributed by atoms with E-state index in [0.29, 0.717) is 6.04 Å². The minimum atomic E-state index is 0.249. The fraction of sp³-hybridized carbons (Fsp3) is 0.588. The second kappa shape index (κ2) is 5.93. The van der Waals surface area contributed by atoms with Gasteiger partial charge in [0, 0.05) is 24.6 Å². The highest BCUT2D eigenvalue weighted by Crippen LogP contribution is 2.21. The van der Waals surface area contributed by atoms with E-state index in [2.05, 4.69) is 74.8 Å². The van der Waals surface area contributed by atoms with Crippen LogP contribution in [0.25, 0.3) is 0 Å². The Hall–Kier alpha value is -1.13. The standard InChI is InChI=1S/C17H27N3S/c1-12-6-8-13(9-7-12)18-15(21)19-14-10-16(2,3)20-17(4,5)11-14/h6-9,14,20H,10-11H2,1-5H3,(H2,18,19,21)/p+1. The van der Waals surface area contributed by atoms with Gasteiger partial charge in [0.25, 0.3) is 0 Å². The summed E-state index contributed by atoms with van der Waals surface area (Å²) in [5.74, 6) is 0. The number of nitrogens with two attached hydrogens (primary N) is 1. The number of rotatable bonds is 2. The van der Waals surface area contributed by atoms with E-state index in [4.69, 9.17) is 12.2 Å². The van der Waals surface area contributed by atoms with Gasteiger partial charge in [-0.15, -0.1) is 0 Å². The van der Waals surface area contributed by atoms with Gasteiger partial charge in [-0.25, -0.2) is 0 Å². The molecule has 1 aromatic rings. The Bertz CT molecular complexity index is 489. The van der Waals surface area contributed by atoms with Crippen LogP contribution in [0, 0.1) is 6.92 Å². The lowest BCUT2D eigenvalue weighted by Crippen LogP contribution is -3.06. The maximum Gasteiger partial charge on any atom is 0.171 e. The van der Waals surface area contributed by atoms with E-state index in [1.807, 2.05) is 0 Å². The van der Waals surface area contributed by atoms with Crippen LogP contribution in [0.5, 0.6) is 0 Å². The van der Waals surface area contributed by atoms with Gasteiger partial charge in [-0.2, -0.15) is 0 Å². The third-order valence-electron chi connectivity index (χ3n) is 3.97. The lowest BCUT2D eigenvalue weighted by Gasteiger charge is -2.43. The molecule has 0 saturated carbocycles. The van der Waals surface area contributed by atoms with Gasteiger partial charge in [-0.05, 0) is 59.0 Å². The first-order valence-electron chi connectivity index (χ1n) is 7.67. The minimum Gasteiger partial charge on any atom is -0.359 e. The first kappa shape index (κ1) is 16.2. The van der Waals surface area contributed by atoms with E-state index in [-0.39, 0.29) is 11.1 Å². The Morgan fingerprint density at radius 2 is 1.62 bits per heavy atom. The molecule has 2 rings (SSSR count). The number of thiocarbonyl (C=S) groups is 1. The molecule has 0 amide bonds. The molecule has 0 aromatic heterocycles. The quantitative estimate of drug-likeness (QED) is 0.736. The molecule has 1 aliphatic rings. The Morgan fingerprint density at radius 3 is 2.14 bits per heavy atom. The molecule has 0 atom stereocenters. The summed E-state index contributed by atoms with van der Waals surface area (Å²) < 4.78 is 0. The molecule has 116 valence electrons. The predicted octanol–water partition coefficient (Wildman–Crippen LogP) is 2.56. The molecule has 1 fully saturated rings. The molecule has 4 N–H and O–H groups in total. The zero-order valence-corrected chi connectivity index (χ0v) is 14.6. The van der Waals surface area contributed by atoms with Gasteiger partial charge in [0.1, 0.15) is 0 Å². The molecule has 21 heavy (non-hydrogen) atoms. The van der Waals surface area contributed by atoms with Crippen molar-refractivity contribution in [1.82, 2.24) is 5.32 Å². The third-order valence-corrected chi connectivity index (χ3v) is 4.19. The smallest absolute Gasteiger partial charge is 0.171 e. The zero-order chi connectivity index (χ0) is 15.7. The van der Waals surface area contributed by atoms with Gasteiger partial charge in [0.15, 0.2) is 5.11 Å². The van der Waals surface area contributed by atoms with Crippen LogP contribution in [0.3, 0.4) is 0 Å². The molecule has 1 saturated heterocycles. The number of piperidine rings is 1. The lowest BCUT2D eigenvalue weighted by molar-refractivity contribution is -0.787. The van der Waals surface area contributed by atoms with Crippen LogP contribution in [-0.4, -0.2) is 22.2 Å². The van der Waals surface area contributed by atoms with Gasteiger partial charge >= 0.3 is 0 Å². The summed E-state index contributed by atoms with van der Waals surface area (Å²) in [6.45, 7) is 11.3. The average molecular weight is 306 g/mol. The van der Waals surface area contributed by atoms with Crippen molar-refractivity contribution in [2.24, 2.45) is 0 Å². The molecule has 0 bridgehead atoms. The monoisotopic (exact) mass is 306 g/mol. The van der Waals surface area contributed by atoms with Crippen LogP contribution in [0.2, 0.25) is 0 Å². The Morgan fingerprint density at radius 1 is 1.10 bits per heavy atom. The highest BCUT2D eigenvalue weighted by molar-refractivity contribution is 7.80. The van der Waals surface area contributed by atoms with Crippen molar-refractivity contribution < 1.29 is 5.32 Å². The van der Waals surface area contributed by atoms with Crippen LogP contribution in [0.15, 0.2) is 24.3 Å². The molecule has 0 spiro atoms. The number of nitrogens with one attached hydrogen (secondary N) is 2. The first-order valence-corrected chi connectivity index (χ1v) is 8.07. The van der Waals surface area contributed by atoms with Crippen LogP contribution >= 0.6 is 12.2 Å². The average Bonchev–Trinajstić information content (AvgIpc) is 2.27. The molecule has 1 heterocycles. The summed E-state index contributed by atoms with van der Waals surface area (Å²) in [6.07, 6.45) is 2.23. The van der Waals surface area contributed by atoms with E-state index in [0.717, 1.165) is 23.6 Å². The second-order valence-corrected chi connectivity index (χ2v) is 8.10. The lowest BCUT2D eigenvalue weighted by atomic mass is 9.80. The number of anilines is 1. The van der Waals surface area contributed by atoms with Crippen molar-refractivity contribution in [3.05, 3.63) is 29.8 Å². The first-order chi connectivity index (χ1) is 9.65. The summed E-state index contributed by atoms with van der Waals surface area (Å²) >= 11 is 5.47. The van der Waals surface area contributed by atoms with E-state index in [1.165, 1.54) is 5.56 Å². The van der Waals surface area contributed by atoms with Gasteiger partial charge in [-0.1, -0.05) is 17.7 Å². The summed E-state index contributed by atoms with van der Waals surface area (Å²) in [5, 5.41) is 9.98. The molecule has 1 aromatic carbocycles. The van der Waals surface area contributed by atoms with E-state index >= 15 is 0 Å². The molecule has 3 nitrogen and oxygen atoms in total. The number of hydrogen-bond donors (Lipinski definition) is 3. The van der Waals surface area contributed by atoms with E-state index in [9.17, 15) is 0 Å². The normalized spacial score (nSPS) is 20.8. The Labute approximate surface area is 133 Å². The topological polar surface area (TPSA) is 40.7 Å². The molecule has 0 aliphatic carbocycles. The summed E-state index contributed by atoms with van der Waals surface area (Å²) in [6, 6.07) is 8.72. The molecule has 4 heteroatoms. The SMILES string of the molecule is Cc1ccc(NC(=S)NC2CC(C)(C)[NH2+]C(C)(C)C2)cc1. The fourth-order valence-electron chi connectivity index (χ4n) is 3.61. The van der Waals surface area contributed by atoms with Gasteiger partial charge in [-0.3, -0.25) is 0 Å². The van der Waals surface area contributed by atoms with Crippen molar-refractivity contribution in [3.63, 3.8) is 0 Å². The molecule has 0 unspecified atom stereocenters. The van der Waals surface area contributed by atoms with Crippen molar-refractivity contribution in [1.29, 1.82) is 0 Å². The number of benzene rings is 1. The highest BCUT2D eigenvalue weighted by atomic mass is 32.1. The van der Waals surface area contributed by atoms with Crippen LogP contribution < -0.4 is 16.0 Å². The highest BCUT2D eigenvalue weighted by Gasteiger charge is 2.41. The molecule has 0 radical (unpaired) electrons. The van der Waals surface area contributed by atoms with Gasteiger partial charge in [0.2, 0.25) is 0 Å². The largest absolute Gasteiger partial charge is 0.359 e.